The molecule has 0 saturated carbocycles. The van der Waals surface area contributed by atoms with Crippen LogP contribution in [-0.2, 0) is 0 Å². The van der Waals surface area contributed by atoms with E-state index < -0.39 is 0 Å². The number of imidazole rings is 1. The van der Waals surface area contributed by atoms with Crippen LogP contribution in [0.1, 0.15) is 17.4 Å². The Labute approximate surface area is 127 Å². The average Bonchev–Trinajstić information content (AvgIpc) is 3.19. The van der Waals surface area contributed by atoms with Gasteiger partial charge < -0.3 is 14.1 Å². The summed E-state index contributed by atoms with van der Waals surface area (Å²) in [6.45, 7) is 0. The fourth-order valence-electron chi connectivity index (χ4n) is 2.70. The van der Waals surface area contributed by atoms with Crippen LogP contribution in [0, 0.1) is 0 Å². The molecule has 1 unspecified atom stereocenters. The fourth-order valence-corrected chi connectivity index (χ4v) is 2.70. The van der Waals surface area contributed by atoms with Gasteiger partial charge in [0.05, 0.1) is 6.33 Å². The number of fused-ring (bicyclic) bond motifs is 1. The number of benzene rings is 2. The molecule has 2 aromatic carbocycles. The van der Waals surface area contributed by atoms with Crippen LogP contribution in [0.2, 0.25) is 0 Å². The van der Waals surface area contributed by atoms with Crippen LogP contribution < -0.4 is 0 Å². The maximum atomic E-state index is 9.51. The lowest BCUT2D eigenvalue weighted by molar-refractivity contribution is 0.471. The minimum atomic E-state index is -0.115. The molecular weight excluding hydrogens is 276 g/mol. The van der Waals surface area contributed by atoms with Crippen LogP contribution in [0.15, 0.2) is 77.7 Å². The third kappa shape index (κ3) is 2.15. The quantitative estimate of drug-likeness (QED) is 0.621. The van der Waals surface area contributed by atoms with Crippen molar-refractivity contribution in [3.8, 4) is 5.75 Å². The second-order valence-electron chi connectivity index (χ2n) is 5.19. The van der Waals surface area contributed by atoms with Crippen LogP contribution in [0.4, 0.5) is 0 Å². The molecule has 4 heteroatoms. The van der Waals surface area contributed by atoms with E-state index in [0.29, 0.717) is 0 Å². The SMILES string of the molecule is Oc1ccc(C(c2cc3ccccc3o2)n2ccnc2)cc1. The molecule has 0 bridgehead atoms. The summed E-state index contributed by atoms with van der Waals surface area (Å²) in [5.74, 6) is 1.09. The van der Waals surface area contributed by atoms with Gasteiger partial charge >= 0.3 is 0 Å². The van der Waals surface area contributed by atoms with Crippen molar-refractivity contribution < 1.29 is 9.52 Å². The van der Waals surface area contributed by atoms with Gasteiger partial charge in [0.2, 0.25) is 0 Å². The lowest BCUT2D eigenvalue weighted by atomic mass is 10.0. The van der Waals surface area contributed by atoms with Gasteiger partial charge in [-0.2, -0.15) is 0 Å². The van der Waals surface area contributed by atoms with Gasteiger partial charge in [-0.1, -0.05) is 30.3 Å². The van der Waals surface area contributed by atoms with Crippen molar-refractivity contribution >= 4 is 11.0 Å². The zero-order valence-corrected chi connectivity index (χ0v) is 11.8. The van der Waals surface area contributed by atoms with E-state index in [2.05, 4.69) is 4.98 Å². The predicted octanol–water partition coefficient (Wildman–Crippen LogP) is 3.97. The second kappa shape index (κ2) is 5.07. The first-order valence-corrected chi connectivity index (χ1v) is 7.06. The van der Waals surface area contributed by atoms with Gasteiger partial charge in [0, 0.05) is 17.8 Å². The molecule has 0 saturated heterocycles. The highest BCUT2D eigenvalue weighted by Crippen LogP contribution is 2.31. The molecule has 0 amide bonds. The molecule has 22 heavy (non-hydrogen) atoms. The fraction of sp³-hybridized carbons (Fsp3) is 0.0556. The van der Waals surface area contributed by atoms with Crippen LogP contribution in [0.3, 0.4) is 0 Å². The van der Waals surface area contributed by atoms with Gasteiger partial charge in [0.25, 0.3) is 0 Å². The molecular formula is C18H14N2O2. The lowest BCUT2D eigenvalue weighted by Crippen LogP contribution is -2.09. The van der Waals surface area contributed by atoms with Crippen molar-refractivity contribution in [3.63, 3.8) is 0 Å². The Balaban J connectivity index is 1.88. The van der Waals surface area contributed by atoms with Gasteiger partial charge in [-0.05, 0) is 29.8 Å². The van der Waals surface area contributed by atoms with Gasteiger partial charge in [0.15, 0.2) is 0 Å². The van der Waals surface area contributed by atoms with E-state index in [0.717, 1.165) is 22.3 Å². The summed E-state index contributed by atoms with van der Waals surface area (Å²) in [6, 6.07) is 17.0. The number of aromatic nitrogens is 2. The number of para-hydroxylation sites is 1. The first-order valence-electron chi connectivity index (χ1n) is 7.06. The van der Waals surface area contributed by atoms with E-state index in [9.17, 15) is 5.11 Å². The number of aromatic hydroxyl groups is 1. The number of rotatable bonds is 3. The second-order valence-corrected chi connectivity index (χ2v) is 5.19. The highest BCUT2D eigenvalue weighted by atomic mass is 16.3. The van der Waals surface area contributed by atoms with Crippen molar-refractivity contribution in [1.29, 1.82) is 0 Å². The maximum absolute atomic E-state index is 9.51. The number of phenols is 1. The Morgan fingerprint density at radius 1 is 1.05 bits per heavy atom. The Morgan fingerprint density at radius 3 is 2.59 bits per heavy atom. The highest BCUT2D eigenvalue weighted by molar-refractivity contribution is 5.78. The van der Waals surface area contributed by atoms with Gasteiger partial charge in [-0.15, -0.1) is 0 Å². The topological polar surface area (TPSA) is 51.2 Å². The molecule has 1 N–H and O–H groups in total. The van der Waals surface area contributed by atoms with Crippen molar-refractivity contribution in [1.82, 2.24) is 9.55 Å². The highest BCUT2D eigenvalue weighted by Gasteiger charge is 2.20. The molecule has 108 valence electrons. The van der Waals surface area contributed by atoms with Crippen LogP contribution in [0.25, 0.3) is 11.0 Å². The maximum Gasteiger partial charge on any atom is 0.134 e. The summed E-state index contributed by atoms with van der Waals surface area (Å²) in [5.41, 5.74) is 1.89. The number of furan rings is 1. The smallest absolute Gasteiger partial charge is 0.134 e. The van der Waals surface area contributed by atoms with E-state index in [4.69, 9.17) is 4.42 Å². The van der Waals surface area contributed by atoms with Crippen molar-refractivity contribution in [2.45, 2.75) is 6.04 Å². The summed E-state index contributed by atoms with van der Waals surface area (Å²) in [4.78, 5) is 4.14. The van der Waals surface area contributed by atoms with Gasteiger partial charge in [0.1, 0.15) is 23.1 Å². The monoisotopic (exact) mass is 290 g/mol. The zero-order valence-electron chi connectivity index (χ0n) is 11.8. The predicted molar refractivity (Wildman–Crippen MR) is 83.8 cm³/mol. The van der Waals surface area contributed by atoms with Crippen molar-refractivity contribution in [2.24, 2.45) is 0 Å². The molecule has 4 rings (SSSR count). The summed E-state index contributed by atoms with van der Waals surface area (Å²) in [5, 5.41) is 10.6. The van der Waals surface area contributed by atoms with Crippen LogP contribution in [-0.4, -0.2) is 14.7 Å². The summed E-state index contributed by atoms with van der Waals surface area (Å²) >= 11 is 0. The minimum absolute atomic E-state index is 0.115. The van der Waals surface area contributed by atoms with E-state index in [1.165, 1.54) is 0 Å². The molecule has 0 aliphatic carbocycles. The minimum Gasteiger partial charge on any atom is -0.508 e. The normalized spacial score (nSPS) is 12.5. The van der Waals surface area contributed by atoms with Gasteiger partial charge in [-0.3, -0.25) is 0 Å². The molecule has 1 atom stereocenters. The molecule has 4 nitrogen and oxygen atoms in total. The Hall–Kier alpha value is -3.01. The molecule has 0 spiro atoms. The third-order valence-corrected chi connectivity index (χ3v) is 3.75. The Kier molecular flexibility index (Phi) is 2.93. The molecule has 0 radical (unpaired) electrons. The molecule has 4 aromatic rings. The average molecular weight is 290 g/mol. The van der Waals surface area contributed by atoms with Crippen LogP contribution >= 0.6 is 0 Å². The Morgan fingerprint density at radius 2 is 1.86 bits per heavy atom. The van der Waals surface area contributed by atoms with Gasteiger partial charge in [-0.25, -0.2) is 4.98 Å². The van der Waals surface area contributed by atoms with Crippen molar-refractivity contribution in [2.75, 3.05) is 0 Å². The number of hydrogen-bond acceptors (Lipinski definition) is 3. The summed E-state index contributed by atoms with van der Waals surface area (Å²) in [7, 11) is 0. The molecule has 2 aromatic heterocycles. The number of nitrogens with zero attached hydrogens (tertiary/aromatic N) is 2. The zero-order chi connectivity index (χ0) is 14.9. The standard InChI is InChI=1S/C18H14N2O2/c21-15-7-5-13(6-8-15)18(20-10-9-19-12-20)17-11-14-3-1-2-4-16(14)22-17/h1-12,18,21H. The number of hydrogen-bond donors (Lipinski definition) is 1. The van der Waals surface area contributed by atoms with E-state index >= 15 is 0 Å². The largest absolute Gasteiger partial charge is 0.508 e. The molecule has 0 fully saturated rings. The summed E-state index contributed by atoms with van der Waals surface area (Å²) in [6.07, 6.45) is 5.42. The Bertz CT molecular complexity index is 859. The first kappa shape index (κ1) is 12.7. The molecule has 0 aliphatic heterocycles. The van der Waals surface area contributed by atoms with E-state index in [1.54, 1.807) is 24.7 Å². The molecule has 0 aliphatic rings. The van der Waals surface area contributed by atoms with E-state index in [1.807, 2.05) is 53.2 Å². The third-order valence-electron chi connectivity index (χ3n) is 3.75. The summed E-state index contributed by atoms with van der Waals surface area (Å²) < 4.78 is 8.02. The van der Waals surface area contributed by atoms with Crippen molar-refractivity contribution in [3.05, 3.63) is 84.6 Å². The molecule has 2 heterocycles. The first-order chi connectivity index (χ1) is 10.8. The lowest BCUT2D eigenvalue weighted by Gasteiger charge is -2.16. The number of phenolic OH excluding ortho intramolecular Hbond substituents is 1. The van der Waals surface area contributed by atoms with E-state index in [-0.39, 0.29) is 11.8 Å². The van der Waals surface area contributed by atoms with Crippen LogP contribution in [0.5, 0.6) is 5.75 Å².